The molecule has 0 N–H and O–H groups in total. The van der Waals surface area contributed by atoms with Crippen molar-refractivity contribution in [2.75, 3.05) is 13.1 Å². The van der Waals surface area contributed by atoms with Crippen LogP contribution < -0.4 is 0 Å². The summed E-state index contributed by atoms with van der Waals surface area (Å²) in [6.45, 7) is 2.87. The first kappa shape index (κ1) is 17.8. The summed E-state index contributed by atoms with van der Waals surface area (Å²) in [4.78, 5) is 14.1. The van der Waals surface area contributed by atoms with Gasteiger partial charge in [-0.3, -0.25) is 4.79 Å². The number of hydrogen-bond donors (Lipinski definition) is 0. The summed E-state index contributed by atoms with van der Waals surface area (Å²) >= 11 is 1.58. The summed E-state index contributed by atoms with van der Waals surface area (Å²) in [7, 11) is 0. The number of piperidine rings is 1. The maximum absolute atomic E-state index is 13.1. The van der Waals surface area contributed by atoms with E-state index in [1.165, 1.54) is 23.1 Å². The van der Waals surface area contributed by atoms with Gasteiger partial charge in [0, 0.05) is 19.0 Å². The molecule has 1 fully saturated rings. The van der Waals surface area contributed by atoms with Crippen molar-refractivity contribution in [1.82, 2.24) is 15.1 Å². The van der Waals surface area contributed by atoms with Crippen molar-refractivity contribution in [1.29, 1.82) is 0 Å². The molecular weight excluding hydrogens is 351 g/mol. The smallest absolute Gasteiger partial charge is 0.339 e. The van der Waals surface area contributed by atoms with Crippen LogP contribution in [0, 0.1) is 0 Å². The normalized spacial score (nSPS) is 16.2. The zero-order chi connectivity index (χ0) is 18.0. The lowest BCUT2D eigenvalue weighted by atomic mass is 9.96. The van der Waals surface area contributed by atoms with E-state index in [1.807, 2.05) is 6.92 Å². The van der Waals surface area contributed by atoms with Gasteiger partial charge in [0.25, 0.3) is 5.91 Å². The molecule has 1 amide bonds. The number of likely N-dealkylation sites (tertiary alicyclic amines) is 1. The molecule has 1 aliphatic heterocycles. The maximum Gasteiger partial charge on any atom is 0.417 e. The Kier molecular flexibility index (Phi) is 5.08. The third-order valence-corrected chi connectivity index (χ3v) is 5.61. The molecule has 0 bridgehead atoms. The molecule has 0 saturated carbocycles. The van der Waals surface area contributed by atoms with Gasteiger partial charge in [0.2, 0.25) is 0 Å². The summed E-state index contributed by atoms with van der Waals surface area (Å²) in [6, 6.07) is 4.96. The number of benzene rings is 1. The van der Waals surface area contributed by atoms with Crippen molar-refractivity contribution in [2.24, 2.45) is 0 Å². The molecule has 0 unspecified atom stereocenters. The van der Waals surface area contributed by atoms with Crippen molar-refractivity contribution in [3.63, 3.8) is 0 Å². The molecule has 3 rings (SSSR count). The van der Waals surface area contributed by atoms with E-state index in [0.29, 0.717) is 25.9 Å². The standard InChI is InChI=1S/C17H18F3N3OS/c1-2-14-21-22-15(25-14)11-7-9-23(10-8-11)16(24)12-5-3-4-6-13(12)17(18,19)20/h3-6,11H,2,7-10H2,1H3. The van der Waals surface area contributed by atoms with Crippen LogP contribution in [-0.2, 0) is 12.6 Å². The van der Waals surface area contributed by atoms with E-state index < -0.39 is 17.6 Å². The quantitative estimate of drug-likeness (QED) is 0.817. The van der Waals surface area contributed by atoms with E-state index in [0.717, 1.165) is 22.5 Å². The third-order valence-electron chi connectivity index (χ3n) is 4.38. The second-order valence-electron chi connectivity index (χ2n) is 6.00. The van der Waals surface area contributed by atoms with Crippen LogP contribution in [0.25, 0.3) is 0 Å². The number of nitrogens with zero attached hydrogens (tertiary/aromatic N) is 3. The number of aromatic nitrogens is 2. The molecule has 1 aromatic carbocycles. The molecule has 1 aromatic heterocycles. The molecule has 134 valence electrons. The topological polar surface area (TPSA) is 46.1 Å². The molecule has 8 heteroatoms. The zero-order valence-electron chi connectivity index (χ0n) is 13.7. The van der Waals surface area contributed by atoms with Gasteiger partial charge in [0.05, 0.1) is 11.1 Å². The SMILES string of the molecule is CCc1nnc(C2CCN(C(=O)c3ccccc3C(F)(F)F)CC2)s1. The number of carbonyl (C=O) groups excluding carboxylic acids is 1. The number of aryl methyl sites for hydroxylation is 1. The molecule has 0 spiro atoms. The minimum Gasteiger partial charge on any atom is -0.339 e. The lowest BCUT2D eigenvalue weighted by Crippen LogP contribution is -2.38. The average Bonchev–Trinajstić information content (AvgIpc) is 3.10. The van der Waals surface area contributed by atoms with Crippen molar-refractivity contribution < 1.29 is 18.0 Å². The summed E-state index contributed by atoms with van der Waals surface area (Å²) in [5.41, 5.74) is -1.16. The second kappa shape index (κ2) is 7.11. The summed E-state index contributed by atoms with van der Waals surface area (Å²) in [5.74, 6) is -0.336. The van der Waals surface area contributed by atoms with Crippen LogP contribution >= 0.6 is 11.3 Å². The van der Waals surface area contributed by atoms with Crippen LogP contribution in [-0.4, -0.2) is 34.1 Å². The van der Waals surface area contributed by atoms with Gasteiger partial charge in [-0.2, -0.15) is 13.2 Å². The van der Waals surface area contributed by atoms with E-state index in [4.69, 9.17) is 0 Å². The summed E-state index contributed by atoms with van der Waals surface area (Å²) < 4.78 is 39.3. The van der Waals surface area contributed by atoms with E-state index in [1.54, 1.807) is 11.3 Å². The van der Waals surface area contributed by atoms with E-state index in [2.05, 4.69) is 10.2 Å². The highest BCUT2D eigenvalue weighted by Crippen LogP contribution is 2.34. The van der Waals surface area contributed by atoms with Gasteiger partial charge in [0.15, 0.2) is 0 Å². The fourth-order valence-electron chi connectivity index (χ4n) is 2.99. The number of rotatable bonds is 3. The number of carbonyl (C=O) groups is 1. The Morgan fingerprint density at radius 2 is 1.92 bits per heavy atom. The Labute approximate surface area is 147 Å². The Balaban J connectivity index is 1.70. The van der Waals surface area contributed by atoms with Gasteiger partial charge in [-0.25, -0.2) is 0 Å². The van der Waals surface area contributed by atoms with Crippen LogP contribution in [0.2, 0.25) is 0 Å². The summed E-state index contributed by atoms with van der Waals surface area (Å²) in [6.07, 6.45) is -2.31. The van der Waals surface area contributed by atoms with Gasteiger partial charge in [-0.05, 0) is 31.4 Å². The molecule has 25 heavy (non-hydrogen) atoms. The highest BCUT2D eigenvalue weighted by Gasteiger charge is 2.36. The summed E-state index contributed by atoms with van der Waals surface area (Å²) in [5, 5.41) is 10.3. The van der Waals surface area contributed by atoms with Gasteiger partial charge < -0.3 is 4.90 Å². The molecule has 0 radical (unpaired) electrons. The van der Waals surface area contributed by atoms with E-state index >= 15 is 0 Å². The van der Waals surface area contributed by atoms with Gasteiger partial charge in [-0.1, -0.05) is 19.1 Å². The Bertz CT molecular complexity index is 752. The minimum absolute atomic E-state index is 0.222. The molecule has 2 heterocycles. The highest BCUT2D eigenvalue weighted by atomic mass is 32.1. The fraction of sp³-hybridized carbons (Fsp3) is 0.471. The number of amides is 1. The molecule has 1 saturated heterocycles. The first-order valence-electron chi connectivity index (χ1n) is 8.18. The van der Waals surface area contributed by atoms with Crippen LogP contribution in [0.4, 0.5) is 13.2 Å². The highest BCUT2D eigenvalue weighted by molar-refractivity contribution is 7.11. The van der Waals surface area contributed by atoms with Crippen LogP contribution in [0.15, 0.2) is 24.3 Å². The maximum atomic E-state index is 13.1. The second-order valence-corrected chi connectivity index (χ2v) is 7.09. The van der Waals surface area contributed by atoms with Gasteiger partial charge in [-0.15, -0.1) is 21.5 Å². The lowest BCUT2D eigenvalue weighted by molar-refractivity contribution is -0.138. The van der Waals surface area contributed by atoms with Crippen molar-refractivity contribution in [3.8, 4) is 0 Å². The third kappa shape index (κ3) is 3.84. The first-order valence-corrected chi connectivity index (χ1v) is 8.99. The molecule has 4 nitrogen and oxygen atoms in total. The Morgan fingerprint density at radius 1 is 1.24 bits per heavy atom. The number of halogens is 3. The Hall–Kier alpha value is -1.96. The Morgan fingerprint density at radius 3 is 2.52 bits per heavy atom. The molecule has 0 aliphatic carbocycles. The van der Waals surface area contributed by atoms with Crippen LogP contribution in [0.3, 0.4) is 0 Å². The predicted molar refractivity (Wildman–Crippen MR) is 88.6 cm³/mol. The van der Waals surface area contributed by atoms with Gasteiger partial charge >= 0.3 is 6.18 Å². The monoisotopic (exact) mass is 369 g/mol. The van der Waals surface area contributed by atoms with E-state index in [9.17, 15) is 18.0 Å². The number of hydrogen-bond acceptors (Lipinski definition) is 4. The van der Waals surface area contributed by atoms with Crippen molar-refractivity contribution in [2.45, 2.75) is 38.3 Å². The molecule has 2 aromatic rings. The lowest BCUT2D eigenvalue weighted by Gasteiger charge is -2.31. The molecule has 0 atom stereocenters. The molecular formula is C17H18F3N3OS. The van der Waals surface area contributed by atoms with Gasteiger partial charge in [0.1, 0.15) is 10.0 Å². The minimum atomic E-state index is -4.53. The number of alkyl halides is 3. The predicted octanol–water partition coefficient (Wildman–Crippen LogP) is 4.14. The largest absolute Gasteiger partial charge is 0.417 e. The van der Waals surface area contributed by atoms with Crippen LogP contribution in [0.1, 0.15) is 51.6 Å². The average molecular weight is 369 g/mol. The molecule has 1 aliphatic rings. The van der Waals surface area contributed by atoms with Crippen LogP contribution in [0.5, 0.6) is 0 Å². The van der Waals surface area contributed by atoms with Crippen molar-refractivity contribution in [3.05, 3.63) is 45.4 Å². The van der Waals surface area contributed by atoms with E-state index in [-0.39, 0.29) is 11.5 Å². The fourth-order valence-corrected chi connectivity index (χ4v) is 3.94. The van der Waals surface area contributed by atoms with Crippen molar-refractivity contribution >= 4 is 17.2 Å². The zero-order valence-corrected chi connectivity index (χ0v) is 14.5. The first-order chi connectivity index (χ1) is 11.9.